The molecule has 0 N–H and O–H groups in total. The van der Waals surface area contributed by atoms with Crippen molar-refractivity contribution in [2.75, 3.05) is 0 Å². The Labute approximate surface area is 100 Å². The maximum Gasteiger partial charge on any atom is 0.166 e. The molecule has 0 radical (unpaired) electrons. The molecule has 15 heavy (non-hydrogen) atoms. The highest BCUT2D eigenvalue weighted by molar-refractivity contribution is 8.01. The van der Waals surface area contributed by atoms with Crippen molar-refractivity contribution in [2.45, 2.75) is 15.9 Å². The van der Waals surface area contributed by atoms with Crippen molar-refractivity contribution in [2.24, 2.45) is 0 Å². The first-order valence-electron chi connectivity index (χ1n) is 4.65. The van der Waals surface area contributed by atoms with E-state index in [0.29, 0.717) is 17.5 Å². The Balaban J connectivity index is 1.96. The van der Waals surface area contributed by atoms with Crippen LogP contribution in [0.1, 0.15) is 26.9 Å². The molecule has 1 nitrogen and oxygen atoms in total. The van der Waals surface area contributed by atoms with Gasteiger partial charge in [-0.25, -0.2) is 0 Å². The number of thiophene rings is 2. The third-order valence-electron chi connectivity index (χ3n) is 2.41. The second-order valence-electron chi connectivity index (χ2n) is 3.37. The number of fused-ring (bicyclic) bond motifs is 1. The highest BCUT2D eigenvalue weighted by Gasteiger charge is 2.28. The molecule has 1 aliphatic heterocycles. The van der Waals surface area contributed by atoms with Crippen LogP contribution >= 0.6 is 34.4 Å². The Morgan fingerprint density at radius 1 is 1.20 bits per heavy atom. The fraction of sp³-hybridized carbons (Fsp3) is 0.182. The summed E-state index contributed by atoms with van der Waals surface area (Å²) in [6.45, 7) is 0. The van der Waals surface area contributed by atoms with Gasteiger partial charge in [0, 0.05) is 16.9 Å². The van der Waals surface area contributed by atoms with Crippen molar-refractivity contribution in [1.82, 2.24) is 0 Å². The summed E-state index contributed by atoms with van der Waals surface area (Å²) in [6, 6.07) is 6.11. The van der Waals surface area contributed by atoms with Crippen molar-refractivity contribution in [3.8, 4) is 0 Å². The van der Waals surface area contributed by atoms with Crippen molar-refractivity contribution >= 4 is 40.2 Å². The Kier molecular flexibility index (Phi) is 2.42. The molecule has 0 saturated heterocycles. The number of hydrogen-bond donors (Lipinski definition) is 0. The summed E-state index contributed by atoms with van der Waals surface area (Å²) in [4.78, 5) is 13.2. The van der Waals surface area contributed by atoms with Gasteiger partial charge in [0.15, 0.2) is 5.78 Å². The average Bonchev–Trinajstić information content (AvgIpc) is 2.88. The molecule has 0 fully saturated rings. The molecule has 1 aliphatic rings. The van der Waals surface area contributed by atoms with Crippen LogP contribution in [0.5, 0.6) is 0 Å². The maximum absolute atomic E-state index is 11.9. The number of rotatable bonds is 1. The molecule has 0 spiro atoms. The molecule has 3 rings (SSSR count). The van der Waals surface area contributed by atoms with E-state index in [4.69, 9.17) is 0 Å². The third kappa shape index (κ3) is 1.67. The molecule has 0 saturated carbocycles. The van der Waals surface area contributed by atoms with Crippen LogP contribution < -0.4 is 0 Å². The van der Waals surface area contributed by atoms with Crippen LogP contribution in [0, 0.1) is 0 Å². The van der Waals surface area contributed by atoms with E-state index in [2.05, 4.69) is 17.5 Å². The maximum atomic E-state index is 11.9. The fourth-order valence-electron chi connectivity index (χ4n) is 1.68. The lowest BCUT2D eigenvalue weighted by Crippen LogP contribution is -2.09. The van der Waals surface area contributed by atoms with Gasteiger partial charge in [-0.05, 0) is 22.9 Å². The van der Waals surface area contributed by atoms with Crippen LogP contribution in [0.2, 0.25) is 0 Å². The van der Waals surface area contributed by atoms with E-state index < -0.39 is 0 Å². The normalized spacial score (nSPS) is 20.3. The molecule has 2 aromatic rings. The van der Waals surface area contributed by atoms with Crippen molar-refractivity contribution < 1.29 is 4.79 Å². The van der Waals surface area contributed by atoms with E-state index in [9.17, 15) is 4.79 Å². The first kappa shape index (κ1) is 9.63. The molecule has 4 heteroatoms. The van der Waals surface area contributed by atoms with Crippen molar-refractivity contribution in [3.05, 3.63) is 39.4 Å². The Hall–Kier alpha value is -0.580. The number of carbonyl (C=O) groups is 1. The summed E-state index contributed by atoms with van der Waals surface area (Å²) in [5.41, 5.74) is 0.929. The molecule has 0 bridgehead atoms. The van der Waals surface area contributed by atoms with E-state index in [0.717, 1.165) is 5.56 Å². The summed E-state index contributed by atoms with van der Waals surface area (Å²) in [5, 5.41) is 4.42. The molecule has 1 atom stereocenters. The Morgan fingerprint density at radius 3 is 2.93 bits per heavy atom. The van der Waals surface area contributed by atoms with Gasteiger partial charge in [0.05, 0.1) is 9.46 Å². The lowest BCUT2D eigenvalue weighted by Gasteiger charge is -2.19. The minimum atomic E-state index is 0.295. The molecule has 3 heterocycles. The van der Waals surface area contributed by atoms with Crippen molar-refractivity contribution in [3.63, 3.8) is 0 Å². The smallest absolute Gasteiger partial charge is 0.166 e. The Bertz CT molecular complexity index is 484. The van der Waals surface area contributed by atoms with Gasteiger partial charge in [0.1, 0.15) is 0 Å². The lowest BCUT2D eigenvalue weighted by molar-refractivity contribution is 0.0978. The summed E-state index contributed by atoms with van der Waals surface area (Å²) >= 11 is 5.25. The second-order valence-corrected chi connectivity index (χ2v) is 6.74. The van der Waals surface area contributed by atoms with Gasteiger partial charge in [-0.2, -0.15) is 0 Å². The molecule has 0 unspecified atom stereocenters. The monoisotopic (exact) mass is 252 g/mol. The third-order valence-corrected chi connectivity index (χ3v) is 5.97. The zero-order valence-electron chi connectivity index (χ0n) is 7.80. The van der Waals surface area contributed by atoms with E-state index in [-0.39, 0.29) is 0 Å². The topological polar surface area (TPSA) is 17.1 Å². The minimum Gasteiger partial charge on any atom is -0.294 e. The van der Waals surface area contributed by atoms with E-state index in [1.165, 1.54) is 9.09 Å². The highest BCUT2D eigenvalue weighted by Crippen LogP contribution is 2.47. The Morgan fingerprint density at radius 2 is 2.13 bits per heavy atom. The van der Waals surface area contributed by atoms with Crippen LogP contribution in [0.3, 0.4) is 0 Å². The van der Waals surface area contributed by atoms with Gasteiger partial charge in [0.2, 0.25) is 0 Å². The first-order chi connectivity index (χ1) is 7.34. The van der Waals surface area contributed by atoms with Gasteiger partial charge < -0.3 is 0 Å². The summed E-state index contributed by atoms with van der Waals surface area (Å²) < 4.78 is 1.18. The molecule has 0 amide bonds. The predicted molar refractivity (Wildman–Crippen MR) is 66.2 cm³/mol. The van der Waals surface area contributed by atoms with Crippen LogP contribution in [-0.4, -0.2) is 5.78 Å². The molecule has 0 aromatic carbocycles. The summed E-state index contributed by atoms with van der Waals surface area (Å²) in [6.07, 6.45) is 0.648. The van der Waals surface area contributed by atoms with Crippen molar-refractivity contribution in [1.29, 1.82) is 0 Å². The fourth-order valence-corrected chi connectivity index (χ4v) is 5.06. The molecule has 76 valence electrons. The van der Waals surface area contributed by atoms with Crippen LogP contribution in [0.25, 0.3) is 0 Å². The van der Waals surface area contributed by atoms with E-state index in [1.54, 1.807) is 22.7 Å². The quantitative estimate of drug-likeness (QED) is 0.755. The van der Waals surface area contributed by atoms with Gasteiger partial charge >= 0.3 is 0 Å². The van der Waals surface area contributed by atoms with Gasteiger partial charge in [-0.15, -0.1) is 34.4 Å². The van der Waals surface area contributed by atoms with Crippen LogP contribution in [0.15, 0.2) is 33.2 Å². The van der Waals surface area contributed by atoms with Crippen LogP contribution in [-0.2, 0) is 0 Å². The summed E-state index contributed by atoms with van der Waals surface area (Å²) in [7, 11) is 0. The summed E-state index contributed by atoms with van der Waals surface area (Å²) in [5.74, 6) is 0.295. The standard InChI is InChI=1S/C11H8OS3/c12-8-6-10(9-2-1-4-13-9)15-11-7(8)3-5-14-11/h1-5,10H,6H2/t10-/m1/s1. The number of hydrogen-bond acceptors (Lipinski definition) is 4. The number of carbonyl (C=O) groups excluding carboxylic acids is 1. The van der Waals surface area contributed by atoms with Gasteiger partial charge in [-0.3, -0.25) is 4.79 Å². The van der Waals surface area contributed by atoms with Crippen LogP contribution in [0.4, 0.5) is 0 Å². The number of Topliss-reactive ketones (excluding diaryl/α,β-unsaturated/α-hetero) is 1. The molecule has 0 aliphatic carbocycles. The molecular weight excluding hydrogens is 244 g/mol. The van der Waals surface area contributed by atoms with E-state index in [1.807, 2.05) is 23.2 Å². The molecule has 2 aromatic heterocycles. The number of thioether (sulfide) groups is 1. The van der Waals surface area contributed by atoms with Gasteiger partial charge in [-0.1, -0.05) is 6.07 Å². The molecular formula is C11H8OS3. The average molecular weight is 252 g/mol. The lowest BCUT2D eigenvalue weighted by atomic mass is 10.1. The predicted octanol–water partition coefficient (Wildman–Crippen LogP) is 4.23. The largest absolute Gasteiger partial charge is 0.294 e. The highest BCUT2D eigenvalue weighted by atomic mass is 32.2. The first-order valence-corrected chi connectivity index (χ1v) is 7.29. The zero-order valence-corrected chi connectivity index (χ0v) is 10.3. The van der Waals surface area contributed by atoms with E-state index >= 15 is 0 Å². The second kappa shape index (κ2) is 3.77. The zero-order chi connectivity index (χ0) is 10.3. The number of ketones is 1. The van der Waals surface area contributed by atoms with Gasteiger partial charge in [0.25, 0.3) is 0 Å². The minimum absolute atomic E-state index is 0.295. The SMILES string of the molecule is O=C1C[C@H](c2cccs2)Sc2sccc21.